The number of amides is 1. The molecule has 1 aliphatic heterocycles. The Morgan fingerprint density at radius 3 is 2.94 bits per heavy atom. The van der Waals surface area contributed by atoms with Gasteiger partial charge < -0.3 is 0 Å². The molecule has 0 aromatic carbocycles. The summed E-state index contributed by atoms with van der Waals surface area (Å²) in [4.78, 5) is 28.3. The number of fused-ring (bicyclic) bond motifs is 1. The Morgan fingerprint density at radius 1 is 1.50 bits per heavy atom. The molecule has 1 aliphatic rings. The van der Waals surface area contributed by atoms with Crippen LogP contribution in [0.1, 0.15) is 24.5 Å². The number of aromatic nitrogens is 1. The summed E-state index contributed by atoms with van der Waals surface area (Å²) in [6.07, 6.45) is 3.33. The summed E-state index contributed by atoms with van der Waals surface area (Å²) in [5.74, 6) is 0.949. The number of Topliss-reactive ketones (excluding diaryl/α,β-unsaturated/α-hetero) is 1. The zero-order valence-electron chi connectivity index (χ0n) is 9.49. The van der Waals surface area contributed by atoms with Crippen LogP contribution >= 0.6 is 0 Å². The number of aryl methyl sites for hydroxylation is 1. The predicted molar refractivity (Wildman–Crippen MR) is 60.4 cm³/mol. The fraction of sp³-hybridized carbons (Fsp3) is 0.417. The second-order valence-electron chi connectivity index (χ2n) is 4.16. The molecule has 0 aliphatic carbocycles. The Hall–Kier alpha value is -1.71. The van der Waals surface area contributed by atoms with E-state index < -0.39 is 0 Å². The zero-order chi connectivity index (χ0) is 11.7. The molecule has 0 radical (unpaired) electrons. The maximum atomic E-state index is 11.5. The lowest BCUT2D eigenvalue weighted by atomic mass is 10.0. The van der Waals surface area contributed by atoms with Crippen LogP contribution in [0.2, 0.25) is 0 Å². The zero-order valence-corrected chi connectivity index (χ0v) is 9.49. The normalized spacial score (nSPS) is 14.9. The summed E-state index contributed by atoms with van der Waals surface area (Å²) in [5.41, 5.74) is 1.98. The number of rotatable bonds is 2. The molecule has 0 unspecified atom stereocenters. The van der Waals surface area contributed by atoms with Gasteiger partial charge in [0.1, 0.15) is 11.6 Å². The second kappa shape index (κ2) is 4.04. The number of ketones is 1. The minimum absolute atomic E-state index is 0.0966. The van der Waals surface area contributed by atoms with E-state index in [1.807, 2.05) is 6.07 Å². The molecule has 4 nitrogen and oxygen atoms in total. The molecule has 0 bridgehead atoms. The Kier molecular flexibility index (Phi) is 2.73. The highest BCUT2D eigenvalue weighted by atomic mass is 16.2. The molecule has 0 fully saturated rings. The van der Waals surface area contributed by atoms with Gasteiger partial charge in [-0.15, -0.1) is 0 Å². The smallest absolute Gasteiger partial charge is 0.228 e. The van der Waals surface area contributed by atoms with Gasteiger partial charge in [0.15, 0.2) is 0 Å². The number of hydrogen-bond donors (Lipinski definition) is 0. The lowest BCUT2D eigenvalue weighted by Crippen LogP contribution is -2.32. The van der Waals surface area contributed by atoms with Crippen molar-refractivity contribution in [2.75, 3.05) is 11.9 Å². The van der Waals surface area contributed by atoms with Crippen LogP contribution in [0.5, 0.6) is 0 Å². The van der Waals surface area contributed by atoms with Crippen molar-refractivity contribution in [2.45, 2.75) is 26.2 Å². The van der Waals surface area contributed by atoms with Gasteiger partial charge in [-0.05, 0) is 24.5 Å². The van der Waals surface area contributed by atoms with Crippen LogP contribution in [0.15, 0.2) is 12.3 Å². The van der Waals surface area contributed by atoms with Gasteiger partial charge in [0, 0.05) is 26.1 Å². The first kappa shape index (κ1) is 10.8. The first-order valence-corrected chi connectivity index (χ1v) is 5.31. The molecular formula is C12H14N2O2. The fourth-order valence-corrected chi connectivity index (χ4v) is 1.95. The summed E-state index contributed by atoms with van der Waals surface area (Å²) in [7, 11) is 1.73. The lowest BCUT2D eigenvalue weighted by Gasteiger charge is -2.24. The van der Waals surface area contributed by atoms with Gasteiger partial charge in [-0.25, -0.2) is 4.98 Å². The van der Waals surface area contributed by atoms with Gasteiger partial charge in [-0.3, -0.25) is 14.5 Å². The molecule has 0 N–H and O–H groups in total. The van der Waals surface area contributed by atoms with Crippen LogP contribution in [-0.2, 0) is 22.4 Å². The molecule has 0 saturated heterocycles. The Morgan fingerprint density at radius 2 is 2.25 bits per heavy atom. The monoisotopic (exact) mass is 218 g/mol. The molecule has 0 spiro atoms. The van der Waals surface area contributed by atoms with E-state index >= 15 is 0 Å². The Labute approximate surface area is 94.3 Å². The molecular weight excluding hydrogens is 204 g/mol. The lowest BCUT2D eigenvalue weighted by molar-refractivity contribution is -0.119. The predicted octanol–water partition coefficient (Wildman–Crippen LogP) is 1.12. The minimum Gasteiger partial charge on any atom is -0.300 e. The Balaban J connectivity index is 2.33. The summed E-state index contributed by atoms with van der Waals surface area (Å²) in [6, 6.07) is 1.98. The highest BCUT2D eigenvalue weighted by molar-refractivity contribution is 5.94. The standard InChI is InChI=1S/C12H14N2O2/c1-8(15)5-9-6-10-3-4-11(16)14(2)12(10)13-7-9/h6-7H,3-5H2,1-2H3. The molecule has 4 heteroatoms. The number of carbonyl (C=O) groups excluding carboxylic acids is 2. The third-order valence-electron chi connectivity index (χ3n) is 2.75. The number of hydrogen-bond acceptors (Lipinski definition) is 3. The first-order valence-electron chi connectivity index (χ1n) is 5.31. The van der Waals surface area contributed by atoms with E-state index in [0.29, 0.717) is 12.8 Å². The van der Waals surface area contributed by atoms with Crippen LogP contribution < -0.4 is 4.90 Å². The molecule has 1 aromatic rings. The van der Waals surface area contributed by atoms with E-state index in [-0.39, 0.29) is 11.7 Å². The molecule has 0 saturated carbocycles. The molecule has 1 aromatic heterocycles. The van der Waals surface area contributed by atoms with Gasteiger partial charge in [-0.2, -0.15) is 0 Å². The SMILES string of the molecule is CC(=O)Cc1cnc2c(c1)CCC(=O)N2C. The maximum Gasteiger partial charge on any atom is 0.228 e. The number of carbonyl (C=O) groups is 2. The number of pyridine rings is 1. The van der Waals surface area contributed by atoms with Crippen LogP contribution in [-0.4, -0.2) is 23.7 Å². The van der Waals surface area contributed by atoms with Crippen molar-refractivity contribution in [2.24, 2.45) is 0 Å². The van der Waals surface area contributed by atoms with Crippen molar-refractivity contribution in [3.05, 3.63) is 23.4 Å². The van der Waals surface area contributed by atoms with Crippen molar-refractivity contribution in [1.82, 2.24) is 4.98 Å². The summed E-state index contributed by atoms with van der Waals surface area (Å²) in [5, 5.41) is 0. The highest BCUT2D eigenvalue weighted by Crippen LogP contribution is 2.24. The largest absolute Gasteiger partial charge is 0.300 e. The average Bonchev–Trinajstić information content (AvgIpc) is 2.23. The molecule has 0 atom stereocenters. The maximum absolute atomic E-state index is 11.5. The van der Waals surface area contributed by atoms with Gasteiger partial charge >= 0.3 is 0 Å². The van der Waals surface area contributed by atoms with E-state index in [2.05, 4.69) is 4.98 Å². The van der Waals surface area contributed by atoms with Crippen LogP contribution in [0.25, 0.3) is 0 Å². The van der Waals surface area contributed by atoms with Crippen molar-refractivity contribution in [3.63, 3.8) is 0 Å². The second-order valence-corrected chi connectivity index (χ2v) is 4.16. The molecule has 84 valence electrons. The highest BCUT2D eigenvalue weighted by Gasteiger charge is 2.22. The van der Waals surface area contributed by atoms with Crippen LogP contribution in [0.4, 0.5) is 5.82 Å². The summed E-state index contributed by atoms with van der Waals surface area (Å²) < 4.78 is 0. The van der Waals surface area contributed by atoms with E-state index in [1.165, 1.54) is 0 Å². The first-order chi connectivity index (χ1) is 7.58. The van der Waals surface area contributed by atoms with Gasteiger partial charge in [0.25, 0.3) is 0 Å². The van der Waals surface area contributed by atoms with Crippen molar-refractivity contribution < 1.29 is 9.59 Å². The van der Waals surface area contributed by atoms with E-state index in [4.69, 9.17) is 0 Å². The molecule has 2 heterocycles. The average molecular weight is 218 g/mol. The van der Waals surface area contributed by atoms with E-state index in [1.54, 1.807) is 25.1 Å². The van der Waals surface area contributed by atoms with Gasteiger partial charge in [0.05, 0.1) is 0 Å². The third-order valence-corrected chi connectivity index (χ3v) is 2.75. The van der Waals surface area contributed by atoms with E-state index in [9.17, 15) is 9.59 Å². The number of nitrogens with zero attached hydrogens (tertiary/aromatic N) is 2. The molecule has 2 rings (SSSR count). The van der Waals surface area contributed by atoms with Gasteiger partial charge in [0.2, 0.25) is 5.91 Å². The minimum atomic E-state index is 0.0966. The van der Waals surface area contributed by atoms with Crippen molar-refractivity contribution in [1.29, 1.82) is 0 Å². The summed E-state index contributed by atoms with van der Waals surface area (Å²) >= 11 is 0. The van der Waals surface area contributed by atoms with Gasteiger partial charge in [-0.1, -0.05) is 6.07 Å². The molecule has 16 heavy (non-hydrogen) atoms. The van der Waals surface area contributed by atoms with Crippen molar-refractivity contribution >= 4 is 17.5 Å². The Bertz CT molecular complexity index is 454. The van der Waals surface area contributed by atoms with Crippen LogP contribution in [0, 0.1) is 0 Å². The number of anilines is 1. The topological polar surface area (TPSA) is 50.3 Å². The molecule has 1 amide bonds. The summed E-state index contributed by atoms with van der Waals surface area (Å²) in [6.45, 7) is 1.56. The fourth-order valence-electron chi connectivity index (χ4n) is 1.95. The van der Waals surface area contributed by atoms with E-state index in [0.717, 1.165) is 23.4 Å². The van der Waals surface area contributed by atoms with Crippen LogP contribution in [0.3, 0.4) is 0 Å². The quantitative estimate of drug-likeness (QED) is 0.747. The third kappa shape index (κ3) is 1.96. The van der Waals surface area contributed by atoms with Crippen molar-refractivity contribution in [3.8, 4) is 0 Å².